The van der Waals surface area contributed by atoms with Gasteiger partial charge in [0, 0.05) is 24.4 Å². The zero-order valence-electron chi connectivity index (χ0n) is 17.7. The Morgan fingerprint density at radius 3 is 2.57 bits per heavy atom. The van der Waals surface area contributed by atoms with Crippen LogP contribution < -0.4 is 0 Å². The first-order valence-corrected chi connectivity index (χ1v) is 10.7. The van der Waals surface area contributed by atoms with Gasteiger partial charge in [-0.2, -0.15) is 0 Å². The van der Waals surface area contributed by atoms with Crippen LogP contribution in [-0.2, 0) is 11.3 Å². The molecule has 1 amide bonds. The fourth-order valence-electron chi connectivity index (χ4n) is 4.11. The van der Waals surface area contributed by atoms with E-state index in [1.54, 1.807) is 0 Å². The molecular weight excluding hydrogens is 372 g/mol. The molecule has 0 N–H and O–H groups in total. The molecule has 4 heteroatoms. The topological polar surface area (TPSA) is 42.4 Å². The molecule has 0 aliphatic carbocycles. The maximum Gasteiger partial charge on any atom is 0.254 e. The summed E-state index contributed by atoms with van der Waals surface area (Å²) in [5.74, 6) is 0.0741. The molecule has 1 aliphatic heterocycles. The number of rotatable bonds is 6. The number of likely N-dealkylation sites (tertiary alicyclic amines) is 1. The molecule has 1 aliphatic rings. The van der Waals surface area contributed by atoms with Crippen LogP contribution in [0.2, 0.25) is 0 Å². The van der Waals surface area contributed by atoms with E-state index in [2.05, 4.69) is 24.3 Å². The average molecular weight is 401 g/mol. The van der Waals surface area contributed by atoms with Gasteiger partial charge in [0.25, 0.3) is 5.91 Å². The maximum absolute atomic E-state index is 13.3. The molecule has 4 nitrogen and oxygen atoms in total. The van der Waals surface area contributed by atoms with E-state index in [9.17, 15) is 4.79 Å². The first-order valence-electron chi connectivity index (χ1n) is 10.7. The smallest absolute Gasteiger partial charge is 0.254 e. The Hall–Kier alpha value is -2.98. The molecule has 2 aromatic carbocycles. The largest absolute Gasteiger partial charge is 0.377 e. The first-order chi connectivity index (χ1) is 14.7. The normalized spacial score (nSPS) is 16.1. The van der Waals surface area contributed by atoms with Gasteiger partial charge in [0.1, 0.15) is 0 Å². The predicted molar refractivity (Wildman–Crippen MR) is 119 cm³/mol. The Morgan fingerprint density at radius 2 is 1.83 bits per heavy atom. The molecule has 2 heterocycles. The van der Waals surface area contributed by atoms with Crippen molar-refractivity contribution in [2.24, 2.45) is 0 Å². The van der Waals surface area contributed by atoms with E-state index in [1.165, 1.54) is 5.56 Å². The second-order valence-corrected chi connectivity index (χ2v) is 7.78. The minimum atomic E-state index is 0.0166. The molecular formula is C26H28N2O2. The molecule has 1 atom stereocenters. The Bertz CT molecular complexity index is 999. The lowest BCUT2D eigenvalue weighted by molar-refractivity contribution is 0.0732. The van der Waals surface area contributed by atoms with Crippen LogP contribution in [-0.4, -0.2) is 28.9 Å². The third kappa shape index (κ3) is 4.44. The summed E-state index contributed by atoms with van der Waals surface area (Å²) < 4.78 is 5.45. The molecule has 154 valence electrons. The van der Waals surface area contributed by atoms with E-state index in [1.807, 2.05) is 61.2 Å². The number of nitrogens with zero attached hydrogens (tertiary/aromatic N) is 2. The summed E-state index contributed by atoms with van der Waals surface area (Å²) in [6, 6.07) is 22.4. The van der Waals surface area contributed by atoms with Gasteiger partial charge in [-0.3, -0.25) is 9.78 Å². The van der Waals surface area contributed by atoms with Crippen molar-refractivity contribution in [3.8, 4) is 11.1 Å². The summed E-state index contributed by atoms with van der Waals surface area (Å²) >= 11 is 0. The highest BCUT2D eigenvalue weighted by molar-refractivity contribution is 5.94. The first kappa shape index (κ1) is 20.3. The van der Waals surface area contributed by atoms with E-state index in [4.69, 9.17) is 9.72 Å². The summed E-state index contributed by atoms with van der Waals surface area (Å²) in [7, 11) is 0. The summed E-state index contributed by atoms with van der Waals surface area (Å²) in [6.07, 6.45) is 1.94. The lowest BCUT2D eigenvalue weighted by Gasteiger charge is -2.25. The minimum Gasteiger partial charge on any atom is -0.377 e. The van der Waals surface area contributed by atoms with Crippen LogP contribution in [0.25, 0.3) is 11.1 Å². The zero-order valence-corrected chi connectivity index (χ0v) is 17.7. The van der Waals surface area contributed by atoms with E-state index >= 15 is 0 Å². The third-order valence-electron chi connectivity index (χ3n) is 5.61. The van der Waals surface area contributed by atoms with Gasteiger partial charge in [-0.05, 0) is 67.6 Å². The van der Waals surface area contributed by atoms with Crippen molar-refractivity contribution in [2.75, 3.05) is 13.2 Å². The lowest BCUT2D eigenvalue weighted by Crippen LogP contribution is -2.31. The van der Waals surface area contributed by atoms with E-state index < -0.39 is 0 Å². The summed E-state index contributed by atoms with van der Waals surface area (Å²) in [6.45, 7) is 6.03. The van der Waals surface area contributed by atoms with Gasteiger partial charge in [0.15, 0.2) is 0 Å². The number of ether oxygens (including phenoxy) is 1. The molecule has 0 bridgehead atoms. The van der Waals surface area contributed by atoms with Crippen LogP contribution in [0, 0.1) is 6.92 Å². The highest BCUT2D eigenvalue weighted by atomic mass is 16.5. The number of benzene rings is 2. The summed E-state index contributed by atoms with van der Waals surface area (Å²) in [5.41, 5.74) is 6.08. The van der Waals surface area contributed by atoms with Crippen molar-refractivity contribution in [1.29, 1.82) is 0 Å². The average Bonchev–Trinajstić information content (AvgIpc) is 3.28. The molecule has 0 radical (unpaired) electrons. The standard InChI is InChI=1S/C26H28N2O2/c1-3-30-18-20-11-13-22(14-12-20)26(29)28-15-7-10-25(28)24-17-23(16-19(2)27-24)21-8-5-4-6-9-21/h4-6,8-9,11-14,16-17,25H,3,7,10,15,18H2,1-2H3/t25-/m1/s1. The summed E-state index contributed by atoms with van der Waals surface area (Å²) in [5, 5.41) is 0. The highest BCUT2D eigenvalue weighted by Crippen LogP contribution is 2.34. The van der Waals surface area contributed by atoms with Crippen molar-refractivity contribution >= 4 is 5.91 Å². The second-order valence-electron chi connectivity index (χ2n) is 7.78. The maximum atomic E-state index is 13.3. The van der Waals surface area contributed by atoms with Crippen LogP contribution in [0.4, 0.5) is 0 Å². The highest BCUT2D eigenvalue weighted by Gasteiger charge is 2.31. The summed E-state index contributed by atoms with van der Waals surface area (Å²) in [4.78, 5) is 20.0. The number of aryl methyl sites for hydroxylation is 1. The Kier molecular flexibility index (Phi) is 6.24. The van der Waals surface area contributed by atoms with Crippen LogP contribution in [0.15, 0.2) is 66.7 Å². The Labute approximate surface area is 178 Å². The molecule has 1 aromatic heterocycles. The Morgan fingerprint density at radius 1 is 1.07 bits per heavy atom. The SMILES string of the molecule is CCOCc1ccc(C(=O)N2CCC[C@@H]2c2cc(-c3ccccc3)cc(C)n2)cc1. The second kappa shape index (κ2) is 9.23. The molecule has 1 saturated heterocycles. The van der Waals surface area contributed by atoms with Crippen molar-refractivity contribution in [1.82, 2.24) is 9.88 Å². The van der Waals surface area contributed by atoms with E-state index in [0.29, 0.717) is 13.2 Å². The van der Waals surface area contributed by atoms with Gasteiger partial charge in [0.2, 0.25) is 0 Å². The lowest BCUT2D eigenvalue weighted by atomic mass is 10.0. The fraction of sp³-hybridized carbons (Fsp3) is 0.308. The molecule has 4 rings (SSSR count). The number of amides is 1. The van der Waals surface area contributed by atoms with Crippen molar-refractivity contribution in [2.45, 2.75) is 39.3 Å². The monoisotopic (exact) mass is 400 g/mol. The van der Waals surface area contributed by atoms with Crippen molar-refractivity contribution in [3.63, 3.8) is 0 Å². The number of aromatic nitrogens is 1. The van der Waals surface area contributed by atoms with Crippen LogP contribution in [0.3, 0.4) is 0 Å². The number of hydrogen-bond donors (Lipinski definition) is 0. The van der Waals surface area contributed by atoms with Gasteiger partial charge >= 0.3 is 0 Å². The van der Waals surface area contributed by atoms with Crippen LogP contribution in [0.1, 0.15) is 53.1 Å². The predicted octanol–water partition coefficient (Wildman–Crippen LogP) is 5.57. The quantitative estimate of drug-likeness (QED) is 0.543. The number of hydrogen-bond acceptors (Lipinski definition) is 3. The fourth-order valence-corrected chi connectivity index (χ4v) is 4.11. The van der Waals surface area contributed by atoms with E-state index in [-0.39, 0.29) is 11.9 Å². The molecule has 1 fully saturated rings. The van der Waals surface area contributed by atoms with Gasteiger partial charge in [-0.1, -0.05) is 42.5 Å². The van der Waals surface area contributed by atoms with Gasteiger partial charge in [-0.25, -0.2) is 0 Å². The number of carbonyl (C=O) groups excluding carboxylic acids is 1. The van der Waals surface area contributed by atoms with Crippen molar-refractivity contribution < 1.29 is 9.53 Å². The van der Waals surface area contributed by atoms with E-state index in [0.717, 1.165) is 47.5 Å². The molecule has 30 heavy (non-hydrogen) atoms. The van der Waals surface area contributed by atoms with Crippen LogP contribution >= 0.6 is 0 Å². The molecule has 0 spiro atoms. The van der Waals surface area contributed by atoms with Gasteiger partial charge in [-0.15, -0.1) is 0 Å². The number of pyridine rings is 1. The molecule has 0 unspecified atom stereocenters. The molecule has 0 saturated carbocycles. The van der Waals surface area contributed by atoms with Gasteiger partial charge < -0.3 is 9.64 Å². The molecule has 3 aromatic rings. The number of carbonyl (C=O) groups is 1. The van der Waals surface area contributed by atoms with Crippen LogP contribution in [0.5, 0.6) is 0 Å². The third-order valence-corrected chi connectivity index (χ3v) is 5.61. The minimum absolute atomic E-state index is 0.0166. The Balaban J connectivity index is 1.58. The van der Waals surface area contributed by atoms with Gasteiger partial charge in [0.05, 0.1) is 18.3 Å². The zero-order chi connectivity index (χ0) is 20.9. The van der Waals surface area contributed by atoms with Crippen molar-refractivity contribution in [3.05, 3.63) is 89.2 Å².